The second kappa shape index (κ2) is 16.7. The van der Waals surface area contributed by atoms with Crippen LogP contribution in [-0.2, 0) is 17.7 Å². The van der Waals surface area contributed by atoms with E-state index >= 15 is 0 Å². The van der Waals surface area contributed by atoms with E-state index in [1.165, 1.54) is 24.0 Å². The number of anilines is 1. The molecule has 3 fully saturated rings. The summed E-state index contributed by atoms with van der Waals surface area (Å²) >= 11 is 0. The highest BCUT2D eigenvalue weighted by atomic mass is 19.3. The minimum Gasteiger partial charge on any atom is -0.490 e. The van der Waals surface area contributed by atoms with Gasteiger partial charge in [-0.2, -0.15) is 0 Å². The Morgan fingerprint density at radius 2 is 1.84 bits per heavy atom. The van der Waals surface area contributed by atoms with Crippen molar-refractivity contribution in [1.82, 2.24) is 29.7 Å². The third kappa shape index (κ3) is 10.0. The zero-order valence-electron chi connectivity index (χ0n) is 32.5. The lowest BCUT2D eigenvalue weighted by molar-refractivity contribution is -0.0354. The molecular weight excluding hydrogens is 715 g/mol. The van der Waals surface area contributed by atoms with Gasteiger partial charge in [0.25, 0.3) is 6.43 Å². The summed E-state index contributed by atoms with van der Waals surface area (Å²) in [7, 11) is 1.69. The van der Waals surface area contributed by atoms with Crippen LogP contribution in [0.4, 0.5) is 23.8 Å². The lowest BCUT2D eigenvalue weighted by Crippen LogP contribution is -2.65. The van der Waals surface area contributed by atoms with Crippen molar-refractivity contribution in [3.05, 3.63) is 65.6 Å². The summed E-state index contributed by atoms with van der Waals surface area (Å²) in [5.41, 5.74) is 2.08. The molecule has 7 rings (SSSR count). The molecule has 4 aliphatic rings. The van der Waals surface area contributed by atoms with Crippen LogP contribution in [-0.4, -0.2) is 119 Å². The van der Waals surface area contributed by atoms with E-state index in [0.717, 1.165) is 82.6 Å². The third-order valence-corrected chi connectivity index (χ3v) is 10.5. The van der Waals surface area contributed by atoms with Gasteiger partial charge in [0.2, 0.25) is 0 Å². The number of carbonyl (C=O) groups excluding carboxylic acids is 2. The Balaban J connectivity index is 0.000000510. The van der Waals surface area contributed by atoms with Crippen LogP contribution in [0.1, 0.15) is 69.1 Å². The number of pyridine rings is 1. The number of hydrogen-bond donors (Lipinski definition) is 0. The molecule has 0 bridgehead atoms. The number of nitrogens with zero attached hydrogens (tertiary/aromatic N) is 7. The Bertz CT molecular complexity index is 1810. The summed E-state index contributed by atoms with van der Waals surface area (Å²) in [6.45, 7) is 15.1. The summed E-state index contributed by atoms with van der Waals surface area (Å²) in [4.78, 5) is 45.0. The Kier molecular flexibility index (Phi) is 12.2. The zero-order valence-corrected chi connectivity index (χ0v) is 32.5. The van der Waals surface area contributed by atoms with Crippen molar-refractivity contribution in [2.75, 3.05) is 57.8 Å². The number of likely N-dealkylation sites (tertiary alicyclic amines) is 1. The van der Waals surface area contributed by atoms with Gasteiger partial charge in [-0.1, -0.05) is 0 Å². The molecule has 3 aliphatic heterocycles. The number of aldehydes is 1. The molecule has 0 unspecified atom stereocenters. The standard InChI is InChI=1S/C34H39FN6O5.C6H13F2N/c1-33(2,3)46-32(43)40-15-22(16-40)14-39-9-7-27-26(17-39)29(6-8-37-27)44-25-11-34(12-25)19-41(20-34)31-30(13-36-21-38-31)45-28-5-4-24(35)10-23(28)18-42;1-5(2)9(3)4-6(7)8/h4-6,8,10,13,18,21-22,25H,7,9,11-12,14-17,19-20H2,1-3H3;5-6H,4H2,1-3H3. The maximum atomic E-state index is 13.6. The SMILES string of the molecule is CC(C)(C)OC(=O)N1CC(CN2CCc3nccc(OC4CC5(C4)CN(c4ncncc4Oc4ccc(F)cc4C=O)C5)c3C2)C1.CC(C)N(C)CC(F)F. The van der Waals surface area contributed by atoms with E-state index in [-0.39, 0.29) is 41.5 Å². The van der Waals surface area contributed by atoms with Crippen LogP contribution in [0.25, 0.3) is 0 Å². The first-order chi connectivity index (χ1) is 26.1. The fourth-order valence-corrected chi connectivity index (χ4v) is 7.47. The molecular formula is C40H52F3N7O5. The predicted octanol–water partition coefficient (Wildman–Crippen LogP) is 6.48. The third-order valence-electron chi connectivity index (χ3n) is 10.5. The van der Waals surface area contributed by atoms with Gasteiger partial charge in [0.05, 0.1) is 18.3 Å². The molecule has 2 aromatic heterocycles. The van der Waals surface area contributed by atoms with E-state index in [1.54, 1.807) is 23.0 Å². The molecule has 1 aromatic carbocycles. The van der Waals surface area contributed by atoms with Crippen molar-refractivity contribution in [3.63, 3.8) is 0 Å². The van der Waals surface area contributed by atoms with E-state index in [9.17, 15) is 22.8 Å². The van der Waals surface area contributed by atoms with Gasteiger partial charge in [-0.05, 0) is 78.8 Å². The number of aromatic nitrogens is 3. The number of halogens is 3. The number of fused-ring (bicyclic) bond motifs is 1. The van der Waals surface area contributed by atoms with Crippen LogP contribution in [0.2, 0.25) is 0 Å². The Hall–Kier alpha value is -4.50. The van der Waals surface area contributed by atoms with Crippen LogP contribution < -0.4 is 14.4 Å². The molecule has 55 heavy (non-hydrogen) atoms. The highest BCUT2D eigenvalue weighted by molar-refractivity contribution is 5.79. The second-order valence-corrected chi connectivity index (χ2v) is 16.5. The number of hydrogen-bond acceptors (Lipinski definition) is 11. The molecule has 1 aliphatic carbocycles. The van der Waals surface area contributed by atoms with Crippen molar-refractivity contribution >= 4 is 18.2 Å². The molecule has 0 radical (unpaired) electrons. The molecule has 0 N–H and O–H groups in total. The normalized spacial score (nSPS) is 18.3. The van der Waals surface area contributed by atoms with Crippen molar-refractivity contribution < 1.29 is 37.0 Å². The molecule has 15 heteroatoms. The van der Waals surface area contributed by atoms with E-state index in [2.05, 4.69) is 24.8 Å². The van der Waals surface area contributed by atoms with Crippen LogP contribution in [0, 0.1) is 17.2 Å². The number of rotatable bonds is 11. The van der Waals surface area contributed by atoms with E-state index in [4.69, 9.17) is 14.2 Å². The first-order valence-electron chi connectivity index (χ1n) is 18.9. The highest BCUT2D eigenvalue weighted by Crippen LogP contribution is 2.52. The lowest BCUT2D eigenvalue weighted by Gasteiger charge is -2.59. The summed E-state index contributed by atoms with van der Waals surface area (Å²) < 4.78 is 54.9. The number of amides is 1. The molecule has 2 saturated heterocycles. The number of benzene rings is 1. The Labute approximate surface area is 321 Å². The fraction of sp³-hybridized carbons (Fsp3) is 0.575. The van der Waals surface area contributed by atoms with Gasteiger partial charge >= 0.3 is 6.09 Å². The van der Waals surface area contributed by atoms with Gasteiger partial charge in [-0.3, -0.25) is 19.6 Å². The predicted molar refractivity (Wildman–Crippen MR) is 200 cm³/mol. The molecule has 5 heterocycles. The van der Waals surface area contributed by atoms with Crippen LogP contribution >= 0.6 is 0 Å². The first kappa shape index (κ1) is 40.2. The average molecular weight is 768 g/mol. The largest absolute Gasteiger partial charge is 0.490 e. The van der Waals surface area contributed by atoms with Gasteiger partial charge < -0.3 is 24.0 Å². The van der Waals surface area contributed by atoms with Crippen LogP contribution in [0.5, 0.6) is 17.2 Å². The molecule has 298 valence electrons. The van der Waals surface area contributed by atoms with Crippen LogP contribution in [0.3, 0.4) is 0 Å². The van der Waals surface area contributed by atoms with E-state index < -0.39 is 17.8 Å². The van der Waals surface area contributed by atoms with Gasteiger partial charge in [0.15, 0.2) is 17.9 Å². The quantitative estimate of drug-likeness (QED) is 0.200. The van der Waals surface area contributed by atoms with Crippen LogP contribution in [0.15, 0.2) is 43.0 Å². The first-order valence-corrected chi connectivity index (χ1v) is 18.9. The number of carbonyl (C=O) groups is 2. The van der Waals surface area contributed by atoms with Crippen molar-refractivity contribution in [2.45, 2.75) is 84.6 Å². The van der Waals surface area contributed by atoms with Gasteiger partial charge in [0.1, 0.15) is 35.3 Å². The Morgan fingerprint density at radius 3 is 2.49 bits per heavy atom. The molecule has 1 saturated carbocycles. The number of alkyl halides is 2. The highest BCUT2D eigenvalue weighted by Gasteiger charge is 2.54. The minimum atomic E-state index is -2.21. The number of ether oxygens (including phenoxy) is 3. The van der Waals surface area contributed by atoms with E-state index in [1.807, 2.05) is 46.9 Å². The van der Waals surface area contributed by atoms with E-state index in [0.29, 0.717) is 23.8 Å². The fourth-order valence-electron chi connectivity index (χ4n) is 7.47. The van der Waals surface area contributed by atoms with Crippen molar-refractivity contribution in [1.29, 1.82) is 0 Å². The average Bonchev–Trinajstić information content (AvgIpc) is 3.07. The molecule has 1 spiro atoms. The monoisotopic (exact) mass is 767 g/mol. The molecule has 12 nitrogen and oxygen atoms in total. The summed E-state index contributed by atoms with van der Waals surface area (Å²) in [5, 5.41) is 0. The topological polar surface area (TPSA) is 113 Å². The lowest BCUT2D eigenvalue weighted by atomic mass is 9.61. The Morgan fingerprint density at radius 1 is 1.09 bits per heavy atom. The molecule has 3 aromatic rings. The van der Waals surface area contributed by atoms with Gasteiger partial charge in [-0.25, -0.2) is 27.9 Å². The van der Waals surface area contributed by atoms with Gasteiger partial charge in [-0.15, -0.1) is 0 Å². The second-order valence-electron chi connectivity index (χ2n) is 16.5. The smallest absolute Gasteiger partial charge is 0.410 e. The van der Waals surface area contributed by atoms with Gasteiger partial charge in [0, 0.05) is 87.1 Å². The molecule has 1 amide bonds. The zero-order chi connectivity index (χ0) is 39.5. The summed E-state index contributed by atoms with van der Waals surface area (Å²) in [5.74, 6) is 2.19. The summed E-state index contributed by atoms with van der Waals surface area (Å²) in [6.07, 6.45) is 5.93. The van der Waals surface area contributed by atoms with Crippen molar-refractivity contribution in [3.8, 4) is 17.2 Å². The van der Waals surface area contributed by atoms with Crippen molar-refractivity contribution in [2.24, 2.45) is 11.3 Å². The minimum absolute atomic E-state index is 0.127. The summed E-state index contributed by atoms with van der Waals surface area (Å²) in [6, 6.07) is 6.03. The maximum absolute atomic E-state index is 13.6. The maximum Gasteiger partial charge on any atom is 0.410 e. The molecule has 0 atom stereocenters.